The van der Waals surface area contributed by atoms with Crippen molar-refractivity contribution in [2.45, 2.75) is 25.6 Å². The van der Waals surface area contributed by atoms with Crippen LogP contribution < -0.4 is 9.47 Å². The molecule has 0 spiro atoms. The monoisotopic (exact) mass is 386 g/mol. The second-order valence-corrected chi connectivity index (χ2v) is 7.22. The quantitative estimate of drug-likeness (QED) is 0.727. The van der Waals surface area contributed by atoms with Crippen LogP contribution in [0.3, 0.4) is 0 Å². The van der Waals surface area contributed by atoms with E-state index in [1.807, 2.05) is 24.3 Å². The smallest absolute Gasteiger partial charge is 0.123 e. The lowest BCUT2D eigenvalue weighted by Gasteiger charge is -2.41. The van der Waals surface area contributed by atoms with Crippen molar-refractivity contribution >= 4 is 0 Å². The van der Waals surface area contributed by atoms with E-state index >= 15 is 0 Å². The van der Waals surface area contributed by atoms with Gasteiger partial charge in [0.05, 0.1) is 14.2 Å². The van der Waals surface area contributed by atoms with Gasteiger partial charge in [-0.2, -0.15) is 0 Å². The van der Waals surface area contributed by atoms with Crippen LogP contribution in [0.15, 0.2) is 42.5 Å². The molecule has 2 N–H and O–H groups in total. The van der Waals surface area contributed by atoms with E-state index in [0.717, 1.165) is 43.9 Å². The van der Waals surface area contributed by atoms with Gasteiger partial charge in [-0.25, -0.2) is 0 Å². The van der Waals surface area contributed by atoms with Crippen molar-refractivity contribution in [3.8, 4) is 17.2 Å². The van der Waals surface area contributed by atoms with Crippen LogP contribution in [0.4, 0.5) is 0 Å². The first kappa shape index (κ1) is 20.5. The fourth-order valence-corrected chi connectivity index (χ4v) is 3.78. The zero-order chi connectivity index (χ0) is 19.9. The minimum absolute atomic E-state index is 0.168. The maximum Gasteiger partial charge on any atom is 0.123 e. The van der Waals surface area contributed by atoms with Crippen LogP contribution in [0.5, 0.6) is 17.2 Å². The van der Waals surface area contributed by atoms with Gasteiger partial charge in [0.1, 0.15) is 17.2 Å². The van der Waals surface area contributed by atoms with Crippen LogP contribution in [-0.2, 0) is 13.1 Å². The van der Waals surface area contributed by atoms with Crippen LogP contribution >= 0.6 is 0 Å². The molecular formula is C22H30N2O4. The van der Waals surface area contributed by atoms with Gasteiger partial charge < -0.3 is 19.7 Å². The standard InChI is InChI=1S/C22H30N2O4/c1-27-20-5-3-4-17(12-20)14-24-10-9-23(16-19(24)8-11-25)15-18-6-7-21(28-2)13-22(18)26/h3-7,12-13,19,25-26H,8-11,14-16H2,1-2H3. The summed E-state index contributed by atoms with van der Waals surface area (Å²) in [5.41, 5.74) is 2.10. The van der Waals surface area contributed by atoms with Gasteiger partial charge in [-0.05, 0) is 30.2 Å². The van der Waals surface area contributed by atoms with Crippen LogP contribution in [0.1, 0.15) is 17.5 Å². The van der Waals surface area contributed by atoms with Gasteiger partial charge >= 0.3 is 0 Å². The van der Waals surface area contributed by atoms with E-state index < -0.39 is 0 Å². The third-order valence-corrected chi connectivity index (χ3v) is 5.36. The van der Waals surface area contributed by atoms with Gasteiger partial charge in [0.2, 0.25) is 0 Å². The fourth-order valence-electron chi connectivity index (χ4n) is 3.78. The van der Waals surface area contributed by atoms with Crippen molar-refractivity contribution in [3.05, 3.63) is 53.6 Å². The summed E-state index contributed by atoms with van der Waals surface area (Å²) in [6, 6.07) is 13.9. The molecule has 0 bridgehead atoms. The molecule has 152 valence electrons. The predicted molar refractivity (Wildman–Crippen MR) is 109 cm³/mol. The van der Waals surface area contributed by atoms with Crippen molar-refractivity contribution in [1.29, 1.82) is 0 Å². The van der Waals surface area contributed by atoms with Crippen molar-refractivity contribution in [1.82, 2.24) is 9.80 Å². The second-order valence-electron chi connectivity index (χ2n) is 7.22. The third kappa shape index (κ3) is 5.16. The number of benzene rings is 2. The fraction of sp³-hybridized carbons (Fsp3) is 0.455. The lowest BCUT2D eigenvalue weighted by Crippen LogP contribution is -2.52. The molecule has 2 aromatic carbocycles. The first-order valence-electron chi connectivity index (χ1n) is 9.69. The highest BCUT2D eigenvalue weighted by molar-refractivity contribution is 5.39. The predicted octanol–water partition coefficient (Wildman–Crippen LogP) is 2.48. The van der Waals surface area contributed by atoms with E-state index in [9.17, 15) is 10.2 Å². The maximum absolute atomic E-state index is 10.2. The highest BCUT2D eigenvalue weighted by Gasteiger charge is 2.27. The van der Waals surface area contributed by atoms with Crippen LogP contribution in [0.25, 0.3) is 0 Å². The third-order valence-electron chi connectivity index (χ3n) is 5.36. The molecule has 6 heteroatoms. The number of aliphatic hydroxyl groups excluding tert-OH is 1. The Kier molecular flexibility index (Phi) is 7.14. The van der Waals surface area contributed by atoms with E-state index in [-0.39, 0.29) is 18.4 Å². The SMILES string of the molecule is COc1cccc(CN2CCN(Cc3ccc(OC)cc3O)CC2CCO)c1. The lowest BCUT2D eigenvalue weighted by molar-refractivity contribution is 0.0496. The Morgan fingerprint density at radius 2 is 1.79 bits per heavy atom. The average Bonchev–Trinajstić information content (AvgIpc) is 2.71. The highest BCUT2D eigenvalue weighted by Crippen LogP contribution is 2.26. The van der Waals surface area contributed by atoms with Crippen LogP contribution in [0, 0.1) is 0 Å². The van der Waals surface area contributed by atoms with E-state index in [0.29, 0.717) is 12.3 Å². The minimum atomic E-state index is 0.168. The van der Waals surface area contributed by atoms with Gasteiger partial charge in [0.25, 0.3) is 0 Å². The summed E-state index contributed by atoms with van der Waals surface area (Å²) in [7, 11) is 3.27. The molecule has 28 heavy (non-hydrogen) atoms. The Labute approximate surface area is 166 Å². The molecule has 1 fully saturated rings. The normalized spacial score (nSPS) is 18.2. The number of ether oxygens (including phenoxy) is 2. The van der Waals surface area contributed by atoms with Gasteiger partial charge in [-0.3, -0.25) is 9.80 Å². The summed E-state index contributed by atoms with van der Waals surface area (Å²) in [6.45, 7) is 4.38. The molecule has 1 atom stereocenters. The summed E-state index contributed by atoms with van der Waals surface area (Å²) in [5.74, 6) is 1.78. The van der Waals surface area contributed by atoms with E-state index in [2.05, 4.69) is 21.9 Å². The van der Waals surface area contributed by atoms with Crippen LogP contribution in [-0.4, -0.2) is 66.5 Å². The van der Waals surface area contributed by atoms with Crippen molar-refractivity contribution < 1.29 is 19.7 Å². The van der Waals surface area contributed by atoms with Crippen molar-refractivity contribution in [2.24, 2.45) is 0 Å². The average molecular weight is 386 g/mol. The highest BCUT2D eigenvalue weighted by atomic mass is 16.5. The van der Waals surface area contributed by atoms with Gasteiger partial charge in [-0.15, -0.1) is 0 Å². The first-order chi connectivity index (χ1) is 13.6. The molecule has 1 heterocycles. The van der Waals surface area contributed by atoms with Gasteiger partial charge in [0.15, 0.2) is 0 Å². The molecular weight excluding hydrogens is 356 g/mol. The van der Waals surface area contributed by atoms with E-state index in [1.165, 1.54) is 5.56 Å². The second kappa shape index (κ2) is 9.78. The van der Waals surface area contributed by atoms with Gasteiger partial charge in [-0.1, -0.05) is 18.2 Å². The van der Waals surface area contributed by atoms with Gasteiger partial charge in [0, 0.05) is 57.0 Å². The number of aliphatic hydroxyl groups is 1. The number of nitrogens with zero attached hydrogens (tertiary/aromatic N) is 2. The maximum atomic E-state index is 10.2. The summed E-state index contributed by atoms with van der Waals surface area (Å²) < 4.78 is 10.5. The molecule has 3 rings (SSSR count). The Hall–Kier alpha value is -2.28. The molecule has 1 aliphatic heterocycles. The Balaban J connectivity index is 1.64. The molecule has 0 aromatic heterocycles. The number of rotatable bonds is 8. The molecule has 0 aliphatic carbocycles. The van der Waals surface area contributed by atoms with Crippen LogP contribution in [0.2, 0.25) is 0 Å². The Morgan fingerprint density at radius 3 is 2.50 bits per heavy atom. The molecule has 0 amide bonds. The zero-order valence-corrected chi connectivity index (χ0v) is 16.7. The zero-order valence-electron chi connectivity index (χ0n) is 16.7. The largest absolute Gasteiger partial charge is 0.507 e. The minimum Gasteiger partial charge on any atom is -0.507 e. The molecule has 1 saturated heterocycles. The molecule has 2 aromatic rings. The van der Waals surface area contributed by atoms with E-state index in [1.54, 1.807) is 20.3 Å². The summed E-state index contributed by atoms with van der Waals surface area (Å²) in [6.07, 6.45) is 0.731. The summed E-state index contributed by atoms with van der Waals surface area (Å²) >= 11 is 0. The topological polar surface area (TPSA) is 65.4 Å². The molecule has 0 saturated carbocycles. The number of methoxy groups -OCH3 is 2. The van der Waals surface area contributed by atoms with Crippen molar-refractivity contribution in [2.75, 3.05) is 40.5 Å². The number of hydrogen-bond donors (Lipinski definition) is 2. The van der Waals surface area contributed by atoms with Crippen molar-refractivity contribution in [3.63, 3.8) is 0 Å². The summed E-state index contributed by atoms with van der Waals surface area (Å²) in [5, 5.41) is 19.8. The number of phenolic OH excluding ortho intramolecular Hbond substituents is 1. The Bertz CT molecular complexity index is 768. The number of hydrogen-bond acceptors (Lipinski definition) is 6. The van der Waals surface area contributed by atoms with E-state index in [4.69, 9.17) is 9.47 Å². The molecule has 1 aliphatic rings. The number of phenols is 1. The lowest BCUT2D eigenvalue weighted by atomic mass is 10.1. The first-order valence-corrected chi connectivity index (χ1v) is 9.69. The Morgan fingerprint density at radius 1 is 1.00 bits per heavy atom. The molecule has 1 unspecified atom stereocenters. The summed E-state index contributed by atoms with van der Waals surface area (Å²) in [4.78, 5) is 4.76. The number of aromatic hydroxyl groups is 1. The number of piperazine rings is 1. The molecule has 6 nitrogen and oxygen atoms in total. The molecule has 0 radical (unpaired) electrons.